The summed E-state index contributed by atoms with van der Waals surface area (Å²) >= 11 is 8.92. The summed E-state index contributed by atoms with van der Waals surface area (Å²) in [4.78, 5) is 10.5. The Balaban J connectivity index is 3.07. The van der Waals surface area contributed by atoms with Crippen molar-refractivity contribution in [2.45, 2.75) is 6.04 Å². The predicted octanol–water partition coefficient (Wildman–Crippen LogP) is 2.19. The Hall–Kier alpha value is -0.580. The zero-order chi connectivity index (χ0) is 10.0. The van der Waals surface area contributed by atoms with E-state index < -0.39 is 12.0 Å². The second-order valence-corrected chi connectivity index (χ2v) is 3.87. The molecule has 70 valence electrons. The van der Waals surface area contributed by atoms with Crippen molar-refractivity contribution in [3.05, 3.63) is 33.3 Å². The molecule has 5 heteroatoms. The van der Waals surface area contributed by atoms with E-state index in [2.05, 4.69) is 15.9 Å². The number of carbonyl (C=O) groups is 1. The molecule has 0 heterocycles. The van der Waals surface area contributed by atoms with Gasteiger partial charge in [0.25, 0.3) is 0 Å². The molecule has 0 saturated heterocycles. The molecule has 1 aromatic carbocycles. The molecule has 0 aliphatic rings. The minimum absolute atomic E-state index is 0.459. The van der Waals surface area contributed by atoms with Crippen molar-refractivity contribution in [2.24, 2.45) is 5.73 Å². The topological polar surface area (TPSA) is 63.3 Å². The largest absolute Gasteiger partial charge is 0.480 e. The van der Waals surface area contributed by atoms with Crippen LogP contribution in [-0.4, -0.2) is 11.1 Å². The highest BCUT2D eigenvalue weighted by molar-refractivity contribution is 9.10. The maximum Gasteiger partial charge on any atom is 0.325 e. The van der Waals surface area contributed by atoms with Gasteiger partial charge in [-0.25, -0.2) is 0 Å². The Kier molecular flexibility index (Phi) is 3.30. The molecule has 0 amide bonds. The normalized spacial score (nSPS) is 12.5. The standard InChI is InChI=1S/C8H7BrClNO2/c9-5-1-4(2-6(10)3-5)7(11)8(12)13/h1-3,7H,11H2,(H,12,13)/t7-/m0/s1. The number of nitrogens with two attached hydrogens (primary N) is 1. The van der Waals surface area contributed by atoms with Crippen molar-refractivity contribution in [1.82, 2.24) is 0 Å². The quantitative estimate of drug-likeness (QED) is 0.860. The molecule has 3 N–H and O–H groups in total. The number of hydrogen-bond donors (Lipinski definition) is 2. The third kappa shape index (κ3) is 2.69. The molecule has 1 aromatic rings. The molecule has 0 unspecified atom stereocenters. The average molecular weight is 265 g/mol. The molecule has 0 bridgehead atoms. The van der Waals surface area contributed by atoms with Gasteiger partial charge in [-0.2, -0.15) is 0 Å². The number of carboxylic acid groups (broad SMARTS) is 1. The highest BCUT2D eigenvalue weighted by atomic mass is 79.9. The van der Waals surface area contributed by atoms with E-state index in [-0.39, 0.29) is 0 Å². The van der Waals surface area contributed by atoms with Gasteiger partial charge in [-0.1, -0.05) is 27.5 Å². The first-order chi connectivity index (χ1) is 6.00. The maximum atomic E-state index is 10.5. The molecular formula is C8H7BrClNO2. The number of carboxylic acids is 1. The van der Waals surface area contributed by atoms with Crippen LogP contribution in [0, 0.1) is 0 Å². The van der Waals surface area contributed by atoms with Crippen molar-refractivity contribution >= 4 is 33.5 Å². The maximum absolute atomic E-state index is 10.5. The molecule has 0 aliphatic heterocycles. The van der Waals surface area contributed by atoms with Gasteiger partial charge in [0, 0.05) is 9.50 Å². The van der Waals surface area contributed by atoms with E-state index in [9.17, 15) is 4.79 Å². The Morgan fingerprint density at radius 1 is 1.54 bits per heavy atom. The summed E-state index contributed by atoms with van der Waals surface area (Å²) in [5.74, 6) is -1.07. The van der Waals surface area contributed by atoms with E-state index in [4.69, 9.17) is 22.4 Å². The van der Waals surface area contributed by atoms with Crippen LogP contribution in [0.4, 0.5) is 0 Å². The van der Waals surface area contributed by atoms with Crippen LogP contribution in [0.2, 0.25) is 5.02 Å². The fourth-order valence-corrected chi connectivity index (χ4v) is 1.78. The number of rotatable bonds is 2. The van der Waals surface area contributed by atoms with Crippen LogP contribution in [0.1, 0.15) is 11.6 Å². The van der Waals surface area contributed by atoms with Crippen LogP contribution in [0.3, 0.4) is 0 Å². The van der Waals surface area contributed by atoms with E-state index in [0.29, 0.717) is 15.1 Å². The van der Waals surface area contributed by atoms with E-state index in [1.165, 1.54) is 6.07 Å². The fourth-order valence-electron chi connectivity index (χ4n) is 0.897. The van der Waals surface area contributed by atoms with Gasteiger partial charge in [0.1, 0.15) is 6.04 Å². The summed E-state index contributed by atoms with van der Waals surface area (Å²) < 4.78 is 0.715. The predicted molar refractivity (Wildman–Crippen MR) is 53.7 cm³/mol. The lowest BCUT2D eigenvalue weighted by molar-refractivity contribution is -0.138. The van der Waals surface area contributed by atoms with Gasteiger partial charge < -0.3 is 10.8 Å². The number of aliphatic carboxylic acids is 1. The van der Waals surface area contributed by atoms with Crippen LogP contribution >= 0.6 is 27.5 Å². The van der Waals surface area contributed by atoms with Gasteiger partial charge in [-0.05, 0) is 23.8 Å². The molecule has 0 spiro atoms. The molecule has 0 radical (unpaired) electrons. The highest BCUT2D eigenvalue weighted by Gasteiger charge is 2.14. The summed E-state index contributed by atoms with van der Waals surface area (Å²) in [6.45, 7) is 0. The molecule has 1 rings (SSSR count). The van der Waals surface area contributed by atoms with Crippen LogP contribution in [0.25, 0.3) is 0 Å². The summed E-state index contributed by atoms with van der Waals surface area (Å²) in [6, 6.07) is 3.80. The lowest BCUT2D eigenvalue weighted by atomic mass is 10.1. The monoisotopic (exact) mass is 263 g/mol. The Morgan fingerprint density at radius 2 is 2.15 bits per heavy atom. The van der Waals surface area contributed by atoms with Crippen molar-refractivity contribution in [2.75, 3.05) is 0 Å². The van der Waals surface area contributed by atoms with Gasteiger partial charge >= 0.3 is 5.97 Å². The zero-order valence-corrected chi connectivity index (χ0v) is 8.84. The smallest absolute Gasteiger partial charge is 0.325 e. The molecule has 0 aliphatic carbocycles. The molecule has 3 nitrogen and oxygen atoms in total. The highest BCUT2D eigenvalue weighted by Crippen LogP contribution is 2.22. The first-order valence-corrected chi connectivity index (χ1v) is 4.62. The molecule has 0 saturated carbocycles. The number of halogens is 2. The lowest BCUT2D eigenvalue weighted by Gasteiger charge is -2.07. The van der Waals surface area contributed by atoms with Gasteiger partial charge in [0.2, 0.25) is 0 Å². The van der Waals surface area contributed by atoms with Crippen LogP contribution in [-0.2, 0) is 4.79 Å². The molecule has 0 aromatic heterocycles. The molecular weight excluding hydrogens is 257 g/mol. The van der Waals surface area contributed by atoms with Crippen LogP contribution in [0.5, 0.6) is 0 Å². The van der Waals surface area contributed by atoms with Gasteiger partial charge in [-0.15, -0.1) is 0 Å². The van der Waals surface area contributed by atoms with Crippen molar-refractivity contribution in [3.8, 4) is 0 Å². The van der Waals surface area contributed by atoms with E-state index in [1.807, 2.05) is 0 Å². The van der Waals surface area contributed by atoms with E-state index in [1.54, 1.807) is 12.1 Å². The lowest BCUT2D eigenvalue weighted by Crippen LogP contribution is -2.20. The molecule has 13 heavy (non-hydrogen) atoms. The number of benzene rings is 1. The average Bonchev–Trinajstić information content (AvgIpc) is 2.01. The van der Waals surface area contributed by atoms with Crippen molar-refractivity contribution in [3.63, 3.8) is 0 Å². The van der Waals surface area contributed by atoms with Gasteiger partial charge in [0.05, 0.1) is 0 Å². The van der Waals surface area contributed by atoms with Crippen LogP contribution < -0.4 is 5.73 Å². The van der Waals surface area contributed by atoms with Crippen molar-refractivity contribution < 1.29 is 9.90 Å². The summed E-state index contributed by atoms with van der Waals surface area (Å²) in [7, 11) is 0. The minimum Gasteiger partial charge on any atom is -0.480 e. The summed E-state index contributed by atoms with van der Waals surface area (Å²) in [5.41, 5.74) is 5.88. The first kappa shape index (κ1) is 10.5. The summed E-state index contributed by atoms with van der Waals surface area (Å²) in [6.07, 6.45) is 0. The van der Waals surface area contributed by atoms with Crippen molar-refractivity contribution in [1.29, 1.82) is 0 Å². The molecule has 1 atom stereocenters. The van der Waals surface area contributed by atoms with Gasteiger partial charge in [0.15, 0.2) is 0 Å². The fraction of sp³-hybridized carbons (Fsp3) is 0.125. The van der Waals surface area contributed by atoms with Gasteiger partial charge in [-0.3, -0.25) is 4.79 Å². The Labute approximate surface area is 88.6 Å². The van der Waals surface area contributed by atoms with Crippen LogP contribution in [0.15, 0.2) is 22.7 Å². The van der Waals surface area contributed by atoms with E-state index >= 15 is 0 Å². The number of hydrogen-bond acceptors (Lipinski definition) is 2. The Morgan fingerprint density at radius 3 is 2.62 bits per heavy atom. The molecule has 0 fully saturated rings. The first-order valence-electron chi connectivity index (χ1n) is 3.45. The summed E-state index contributed by atoms with van der Waals surface area (Å²) in [5, 5.41) is 9.09. The van der Waals surface area contributed by atoms with E-state index in [0.717, 1.165) is 0 Å². The zero-order valence-electron chi connectivity index (χ0n) is 6.50. The third-order valence-corrected chi connectivity index (χ3v) is 2.19. The Bertz CT molecular complexity index is 323. The second kappa shape index (κ2) is 4.09. The second-order valence-electron chi connectivity index (χ2n) is 2.52. The SMILES string of the molecule is N[C@H](C(=O)O)c1cc(Cl)cc(Br)c1. The minimum atomic E-state index is -1.07. The third-order valence-electron chi connectivity index (χ3n) is 1.51.